The molecule has 0 amide bonds. The highest BCUT2D eigenvalue weighted by molar-refractivity contribution is 5.89. The molecule has 0 atom stereocenters. The van der Waals surface area contributed by atoms with Gasteiger partial charge in [0.2, 0.25) is 0 Å². The van der Waals surface area contributed by atoms with Gasteiger partial charge in [0.15, 0.2) is 0 Å². The Labute approximate surface area is 153 Å². The molecule has 2 N–H and O–H groups in total. The van der Waals surface area contributed by atoms with Crippen molar-refractivity contribution in [2.75, 3.05) is 13.1 Å². The van der Waals surface area contributed by atoms with Gasteiger partial charge in [0, 0.05) is 12.0 Å². The fraction of sp³-hybridized carbons (Fsp3) is 0.381. The summed E-state index contributed by atoms with van der Waals surface area (Å²) < 4.78 is 11.5. The van der Waals surface area contributed by atoms with Crippen molar-refractivity contribution < 1.29 is 19.4 Å². The number of carbonyl (C=O) groups excluding carboxylic acids is 1. The highest BCUT2D eigenvalue weighted by Gasteiger charge is 2.34. The highest BCUT2D eigenvalue weighted by atomic mass is 16.6. The first kappa shape index (κ1) is 18.3. The predicted octanol–water partition coefficient (Wildman–Crippen LogP) is 4.12. The molecule has 0 aromatic heterocycles. The van der Waals surface area contributed by atoms with Crippen molar-refractivity contribution in [3.8, 4) is 17.2 Å². The number of benzene rings is 2. The van der Waals surface area contributed by atoms with Crippen LogP contribution in [0.2, 0.25) is 0 Å². The zero-order valence-corrected chi connectivity index (χ0v) is 15.2. The molecule has 0 aliphatic carbocycles. The first-order chi connectivity index (χ1) is 12.4. The van der Waals surface area contributed by atoms with Crippen LogP contribution in [0.15, 0.2) is 48.5 Å². The smallest absolute Gasteiger partial charge is 0.338 e. The maximum Gasteiger partial charge on any atom is 0.338 e. The number of rotatable bonds is 5. The van der Waals surface area contributed by atoms with E-state index in [2.05, 4.69) is 5.32 Å². The minimum Gasteiger partial charge on any atom is -0.508 e. The molecular weight excluding hydrogens is 330 g/mol. The Bertz CT molecular complexity index is 749. The Morgan fingerprint density at radius 3 is 2.42 bits per heavy atom. The van der Waals surface area contributed by atoms with Gasteiger partial charge in [0.05, 0.1) is 5.56 Å². The van der Waals surface area contributed by atoms with Gasteiger partial charge in [-0.05, 0) is 76.2 Å². The number of phenolic OH excluding ortho intramolecular Hbond substituents is 1. The van der Waals surface area contributed by atoms with Gasteiger partial charge < -0.3 is 19.9 Å². The maximum absolute atomic E-state index is 12.5. The van der Waals surface area contributed by atoms with E-state index in [-0.39, 0.29) is 11.7 Å². The molecule has 1 aliphatic heterocycles. The molecule has 1 heterocycles. The quantitative estimate of drug-likeness (QED) is 0.790. The molecule has 3 rings (SSSR count). The van der Waals surface area contributed by atoms with Crippen LogP contribution < -0.4 is 10.1 Å². The Hall–Kier alpha value is -2.53. The van der Waals surface area contributed by atoms with Crippen LogP contribution in [0, 0.1) is 5.92 Å². The third kappa shape index (κ3) is 4.55. The SMILES string of the molecule is CC(C)(OC(=O)c1ccc(Oc2cccc(O)c2)cc1)C1CCNCC1. The van der Waals surface area contributed by atoms with Crippen molar-refractivity contribution in [1.29, 1.82) is 0 Å². The molecule has 2 aromatic rings. The van der Waals surface area contributed by atoms with E-state index in [0.717, 1.165) is 25.9 Å². The Kier molecular flexibility index (Phi) is 5.47. The van der Waals surface area contributed by atoms with Crippen LogP contribution >= 0.6 is 0 Å². The predicted molar refractivity (Wildman–Crippen MR) is 99.7 cm³/mol. The highest BCUT2D eigenvalue weighted by Crippen LogP contribution is 2.30. The largest absolute Gasteiger partial charge is 0.508 e. The van der Waals surface area contributed by atoms with E-state index in [4.69, 9.17) is 9.47 Å². The van der Waals surface area contributed by atoms with E-state index in [9.17, 15) is 9.90 Å². The summed E-state index contributed by atoms with van der Waals surface area (Å²) in [6, 6.07) is 13.4. The lowest BCUT2D eigenvalue weighted by atomic mass is 9.83. The lowest BCUT2D eigenvalue weighted by Crippen LogP contribution is -2.42. The third-order valence-electron chi connectivity index (χ3n) is 4.82. The van der Waals surface area contributed by atoms with Crippen LogP contribution in [0.3, 0.4) is 0 Å². The summed E-state index contributed by atoms with van der Waals surface area (Å²) in [6.45, 7) is 5.90. The molecule has 0 unspecified atom stereocenters. The number of esters is 1. The van der Waals surface area contributed by atoms with E-state index in [1.54, 1.807) is 42.5 Å². The fourth-order valence-corrected chi connectivity index (χ4v) is 3.24. The second-order valence-electron chi connectivity index (χ2n) is 7.14. The fourth-order valence-electron chi connectivity index (χ4n) is 3.24. The molecular formula is C21H25NO4. The topological polar surface area (TPSA) is 67.8 Å². The summed E-state index contributed by atoms with van der Waals surface area (Å²) in [4.78, 5) is 12.5. The molecule has 1 aliphatic rings. The Balaban J connectivity index is 1.63. The molecule has 5 nitrogen and oxygen atoms in total. The Morgan fingerprint density at radius 2 is 1.77 bits per heavy atom. The van der Waals surface area contributed by atoms with Gasteiger partial charge in [-0.1, -0.05) is 6.07 Å². The van der Waals surface area contributed by atoms with Gasteiger partial charge in [0.25, 0.3) is 0 Å². The number of hydrogen-bond donors (Lipinski definition) is 2. The number of piperidine rings is 1. The summed E-state index contributed by atoms with van der Waals surface area (Å²) in [7, 11) is 0. The minimum absolute atomic E-state index is 0.142. The summed E-state index contributed by atoms with van der Waals surface area (Å²) in [5.74, 6) is 1.30. The molecule has 1 saturated heterocycles. The molecule has 26 heavy (non-hydrogen) atoms. The molecule has 1 fully saturated rings. The second kappa shape index (κ2) is 7.79. The molecule has 0 saturated carbocycles. The lowest BCUT2D eigenvalue weighted by Gasteiger charge is -2.36. The number of aromatic hydroxyl groups is 1. The normalized spacial score (nSPS) is 15.5. The standard InChI is InChI=1S/C21H25NO4/c1-21(2,16-10-12-22-13-11-16)26-20(24)15-6-8-18(9-7-15)25-19-5-3-4-17(23)14-19/h3-9,14,16,22-23H,10-13H2,1-2H3. The van der Waals surface area contributed by atoms with Crippen LogP contribution in [0.5, 0.6) is 17.2 Å². The second-order valence-corrected chi connectivity index (χ2v) is 7.14. The molecule has 2 aromatic carbocycles. The minimum atomic E-state index is -0.490. The van der Waals surface area contributed by atoms with Gasteiger partial charge in [-0.25, -0.2) is 4.79 Å². The molecule has 0 spiro atoms. The summed E-state index contributed by atoms with van der Waals surface area (Å²) in [5.41, 5.74) is 0.00546. The summed E-state index contributed by atoms with van der Waals surface area (Å²) >= 11 is 0. The summed E-state index contributed by atoms with van der Waals surface area (Å²) in [5, 5.41) is 12.8. The van der Waals surface area contributed by atoms with E-state index in [0.29, 0.717) is 23.0 Å². The van der Waals surface area contributed by atoms with Gasteiger partial charge in [-0.2, -0.15) is 0 Å². The summed E-state index contributed by atoms with van der Waals surface area (Å²) in [6.07, 6.45) is 2.02. The number of nitrogens with one attached hydrogen (secondary N) is 1. The van der Waals surface area contributed by atoms with Gasteiger partial charge >= 0.3 is 5.97 Å². The van der Waals surface area contributed by atoms with E-state index >= 15 is 0 Å². The molecule has 5 heteroatoms. The van der Waals surface area contributed by atoms with Crippen molar-refractivity contribution in [3.05, 3.63) is 54.1 Å². The van der Waals surface area contributed by atoms with Crippen LogP contribution in [0.1, 0.15) is 37.0 Å². The van der Waals surface area contributed by atoms with Gasteiger partial charge in [-0.15, -0.1) is 0 Å². The van der Waals surface area contributed by atoms with Crippen molar-refractivity contribution >= 4 is 5.97 Å². The zero-order valence-electron chi connectivity index (χ0n) is 15.2. The van der Waals surface area contributed by atoms with Crippen LogP contribution in [-0.2, 0) is 4.74 Å². The average Bonchev–Trinajstić information content (AvgIpc) is 2.63. The van der Waals surface area contributed by atoms with Gasteiger partial charge in [-0.3, -0.25) is 0 Å². The molecule has 138 valence electrons. The van der Waals surface area contributed by atoms with Crippen molar-refractivity contribution in [1.82, 2.24) is 5.32 Å². The number of phenols is 1. The lowest BCUT2D eigenvalue weighted by molar-refractivity contribution is -0.0368. The van der Waals surface area contributed by atoms with Gasteiger partial charge in [0.1, 0.15) is 22.8 Å². The van der Waals surface area contributed by atoms with E-state index < -0.39 is 5.60 Å². The maximum atomic E-state index is 12.5. The number of ether oxygens (including phenoxy) is 2. The number of hydrogen-bond acceptors (Lipinski definition) is 5. The van der Waals surface area contributed by atoms with Crippen molar-refractivity contribution in [2.24, 2.45) is 5.92 Å². The van der Waals surface area contributed by atoms with Crippen LogP contribution in [0.4, 0.5) is 0 Å². The van der Waals surface area contributed by atoms with Crippen LogP contribution in [0.25, 0.3) is 0 Å². The monoisotopic (exact) mass is 355 g/mol. The molecule has 0 bridgehead atoms. The zero-order chi connectivity index (χ0) is 18.6. The van der Waals surface area contributed by atoms with Crippen molar-refractivity contribution in [3.63, 3.8) is 0 Å². The number of carbonyl (C=O) groups is 1. The van der Waals surface area contributed by atoms with Crippen molar-refractivity contribution in [2.45, 2.75) is 32.3 Å². The average molecular weight is 355 g/mol. The first-order valence-electron chi connectivity index (χ1n) is 8.95. The third-order valence-corrected chi connectivity index (χ3v) is 4.82. The Morgan fingerprint density at radius 1 is 1.08 bits per heavy atom. The first-order valence-corrected chi connectivity index (χ1v) is 8.95. The van der Waals surface area contributed by atoms with Crippen LogP contribution in [-0.4, -0.2) is 29.8 Å². The van der Waals surface area contributed by atoms with E-state index in [1.165, 1.54) is 6.07 Å². The van der Waals surface area contributed by atoms with E-state index in [1.807, 2.05) is 13.8 Å². The molecule has 0 radical (unpaired) electrons.